The fourth-order valence-electron chi connectivity index (χ4n) is 1.64. The maximum atomic E-state index is 4.97. The summed E-state index contributed by atoms with van der Waals surface area (Å²) in [6, 6.07) is 10.6. The minimum absolute atomic E-state index is 1.12. The van der Waals surface area contributed by atoms with E-state index in [2.05, 4.69) is 56.9 Å². The van der Waals surface area contributed by atoms with Gasteiger partial charge < -0.3 is 4.66 Å². The second-order valence-corrected chi connectivity index (χ2v) is 9.76. The van der Waals surface area contributed by atoms with E-state index in [1.807, 2.05) is 0 Å². The molecule has 0 amide bonds. The Morgan fingerprint density at radius 2 is 1.75 bits per heavy atom. The summed E-state index contributed by atoms with van der Waals surface area (Å²) in [7, 11) is -1.37. The van der Waals surface area contributed by atoms with Crippen LogP contribution in [0.4, 0.5) is 0 Å². The van der Waals surface area contributed by atoms with Gasteiger partial charge >= 0.3 is 0 Å². The van der Waals surface area contributed by atoms with Crippen LogP contribution in [0.15, 0.2) is 35.0 Å². The number of benzene rings is 1. The molecule has 0 aliphatic rings. The smallest absolute Gasteiger partial charge is 0.172 e. The molecule has 0 spiro atoms. The van der Waals surface area contributed by atoms with Crippen LogP contribution in [0, 0.1) is 0 Å². The fourth-order valence-corrected chi connectivity index (χ4v) is 2.70. The number of hydrogen-bond donors (Lipinski definition) is 0. The highest BCUT2D eigenvalue weighted by molar-refractivity contribution is 6.75. The van der Waals surface area contributed by atoms with Gasteiger partial charge in [-0.15, -0.1) is 0 Å². The first-order valence-corrected chi connectivity index (χ1v) is 9.62. The Hall–Kier alpha value is -0.893. The molecule has 0 heterocycles. The van der Waals surface area contributed by atoms with Crippen molar-refractivity contribution in [1.29, 1.82) is 0 Å². The Labute approximate surface area is 101 Å². The molecule has 16 heavy (non-hydrogen) atoms. The standard InChI is InChI=1S/C14H23NSi/c1-5-6-12-14(15-16(2,3)4)13-10-8-7-9-11-13/h7-11H,5-6,12H2,1-4H3/b15-14+. The molecule has 0 aromatic heterocycles. The highest BCUT2D eigenvalue weighted by Gasteiger charge is 2.13. The molecule has 0 N–H and O–H groups in total. The Kier molecular flexibility index (Phi) is 4.94. The minimum atomic E-state index is -1.37. The van der Waals surface area contributed by atoms with Gasteiger partial charge in [0.2, 0.25) is 0 Å². The lowest BCUT2D eigenvalue weighted by Gasteiger charge is -2.14. The first-order chi connectivity index (χ1) is 7.53. The molecule has 0 aliphatic carbocycles. The van der Waals surface area contributed by atoms with E-state index >= 15 is 0 Å². The van der Waals surface area contributed by atoms with Gasteiger partial charge in [-0.2, -0.15) is 0 Å². The molecule has 1 rings (SSSR count). The number of unbranched alkanes of at least 4 members (excludes halogenated alkanes) is 1. The lowest BCUT2D eigenvalue weighted by molar-refractivity contribution is 0.836. The van der Waals surface area contributed by atoms with Gasteiger partial charge in [0.1, 0.15) is 0 Å². The van der Waals surface area contributed by atoms with E-state index in [4.69, 9.17) is 4.66 Å². The zero-order valence-corrected chi connectivity index (χ0v) is 12.0. The van der Waals surface area contributed by atoms with E-state index in [1.54, 1.807) is 0 Å². The van der Waals surface area contributed by atoms with Crippen molar-refractivity contribution in [1.82, 2.24) is 0 Å². The van der Waals surface area contributed by atoms with Gasteiger partial charge in [0.05, 0.1) is 0 Å². The average molecular weight is 233 g/mol. The van der Waals surface area contributed by atoms with Crippen molar-refractivity contribution in [2.75, 3.05) is 0 Å². The summed E-state index contributed by atoms with van der Waals surface area (Å²) in [5, 5.41) is 0. The molecule has 88 valence electrons. The summed E-state index contributed by atoms with van der Waals surface area (Å²) < 4.78 is 4.97. The van der Waals surface area contributed by atoms with Gasteiger partial charge in [0, 0.05) is 5.71 Å². The Balaban J connectivity index is 2.92. The molecular weight excluding hydrogens is 210 g/mol. The second kappa shape index (κ2) is 5.99. The van der Waals surface area contributed by atoms with Crippen molar-refractivity contribution in [2.24, 2.45) is 4.66 Å². The molecule has 0 bridgehead atoms. The van der Waals surface area contributed by atoms with E-state index in [9.17, 15) is 0 Å². The highest BCUT2D eigenvalue weighted by atomic mass is 28.3. The number of rotatable bonds is 5. The van der Waals surface area contributed by atoms with Crippen LogP contribution in [0.1, 0.15) is 31.7 Å². The van der Waals surface area contributed by atoms with Gasteiger partial charge in [-0.25, -0.2) is 0 Å². The van der Waals surface area contributed by atoms with Gasteiger partial charge in [-0.05, 0) is 38.0 Å². The third-order valence-electron chi connectivity index (χ3n) is 2.34. The maximum absolute atomic E-state index is 4.97. The number of nitrogens with zero attached hydrogens (tertiary/aromatic N) is 1. The summed E-state index contributed by atoms with van der Waals surface area (Å²) >= 11 is 0. The van der Waals surface area contributed by atoms with E-state index in [0.717, 1.165) is 6.42 Å². The Morgan fingerprint density at radius 3 is 2.25 bits per heavy atom. The minimum Gasteiger partial charge on any atom is -0.325 e. The predicted molar refractivity (Wildman–Crippen MR) is 75.9 cm³/mol. The fraction of sp³-hybridized carbons (Fsp3) is 0.500. The SMILES string of the molecule is CCCC/C(=N\[Si](C)(C)C)c1ccccc1. The average Bonchev–Trinajstić information content (AvgIpc) is 2.24. The zero-order valence-electron chi connectivity index (χ0n) is 11.0. The van der Waals surface area contributed by atoms with Gasteiger partial charge in [-0.3, -0.25) is 0 Å². The zero-order chi connectivity index (χ0) is 12.0. The third-order valence-corrected chi connectivity index (χ3v) is 3.29. The van der Waals surface area contributed by atoms with Crippen molar-refractivity contribution in [3.05, 3.63) is 35.9 Å². The van der Waals surface area contributed by atoms with E-state index in [1.165, 1.54) is 24.1 Å². The van der Waals surface area contributed by atoms with Crippen LogP contribution in [-0.2, 0) is 0 Å². The summed E-state index contributed by atoms with van der Waals surface area (Å²) in [6.45, 7) is 9.11. The monoisotopic (exact) mass is 233 g/mol. The molecule has 0 atom stereocenters. The number of hydrogen-bond acceptors (Lipinski definition) is 1. The maximum Gasteiger partial charge on any atom is 0.172 e. The topological polar surface area (TPSA) is 12.4 Å². The van der Waals surface area contributed by atoms with E-state index < -0.39 is 8.24 Å². The van der Waals surface area contributed by atoms with Gasteiger partial charge in [-0.1, -0.05) is 43.7 Å². The quantitative estimate of drug-likeness (QED) is 0.524. The van der Waals surface area contributed by atoms with Crippen molar-refractivity contribution < 1.29 is 0 Å². The van der Waals surface area contributed by atoms with Crippen LogP contribution in [0.3, 0.4) is 0 Å². The van der Waals surface area contributed by atoms with Crippen LogP contribution in [0.2, 0.25) is 19.6 Å². The molecule has 0 saturated carbocycles. The van der Waals surface area contributed by atoms with E-state index in [0.29, 0.717) is 0 Å². The molecule has 0 aliphatic heterocycles. The Morgan fingerprint density at radius 1 is 1.12 bits per heavy atom. The van der Waals surface area contributed by atoms with Gasteiger partial charge in [0.25, 0.3) is 0 Å². The molecule has 0 fully saturated rings. The lowest BCUT2D eigenvalue weighted by Crippen LogP contribution is -2.20. The summed E-state index contributed by atoms with van der Waals surface area (Å²) in [6.07, 6.45) is 3.58. The molecule has 1 aromatic carbocycles. The largest absolute Gasteiger partial charge is 0.325 e. The van der Waals surface area contributed by atoms with Crippen LogP contribution < -0.4 is 0 Å². The molecule has 0 radical (unpaired) electrons. The summed E-state index contributed by atoms with van der Waals surface area (Å²) in [5.41, 5.74) is 2.61. The Bertz CT molecular complexity index is 336. The van der Waals surface area contributed by atoms with Crippen molar-refractivity contribution in [2.45, 2.75) is 45.8 Å². The summed E-state index contributed by atoms with van der Waals surface area (Å²) in [4.78, 5) is 0. The van der Waals surface area contributed by atoms with Crippen LogP contribution >= 0.6 is 0 Å². The van der Waals surface area contributed by atoms with Crippen LogP contribution in [-0.4, -0.2) is 13.9 Å². The molecule has 2 heteroatoms. The van der Waals surface area contributed by atoms with Crippen molar-refractivity contribution in [3.63, 3.8) is 0 Å². The highest BCUT2D eigenvalue weighted by Crippen LogP contribution is 2.12. The normalized spacial score (nSPS) is 12.9. The predicted octanol–water partition coefficient (Wildman–Crippen LogP) is 4.50. The molecule has 1 aromatic rings. The van der Waals surface area contributed by atoms with Crippen molar-refractivity contribution >= 4 is 13.9 Å². The van der Waals surface area contributed by atoms with Crippen LogP contribution in [0.5, 0.6) is 0 Å². The third kappa shape index (κ3) is 4.75. The van der Waals surface area contributed by atoms with Crippen LogP contribution in [0.25, 0.3) is 0 Å². The molecule has 0 unspecified atom stereocenters. The second-order valence-electron chi connectivity index (χ2n) is 5.20. The first kappa shape index (κ1) is 13.2. The van der Waals surface area contributed by atoms with E-state index in [-0.39, 0.29) is 0 Å². The van der Waals surface area contributed by atoms with Gasteiger partial charge in [0.15, 0.2) is 8.24 Å². The first-order valence-electron chi connectivity index (χ1n) is 6.17. The lowest BCUT2D eigenvalue weighted by atomic mass is 10.1. The molecule has 1 nitrogen and oxygen atoms in total. The summed E-state index contributed by atoms with van der Waals surface area (Å²) in [5.74, 6) is 0. The van der Waals surface area contributed by atoms with Crippen molar-refractivity contribution in [3.8, 4) is 0 Å². The molecular formula is C14H23NSi. The molecule has 0 saturated heterocycles.